The summed E-state index contributed by atoms with van der Waals surface area (Å²) in [5, 5.41) is 9.65. The van der Waals surface area contributed by atoms with Crippen molar-refractivity contribution in [3.8, 4) is 0 Å². The molecule has 5 nitrogen and oxygen atoms in total. The zero-order valence-corrected chi connectivity index (χ0v) is 19.2. The van der Waals surface area contributed by atoms with E-state index in [9.17, 15) is 4.79 Å². The first-order valence-corrected chi connectivity index (χ1v) is 10.8. The lowest BCUT2D eigenvalue weighted by molar-refractivity contribution is 0.102. The lowest BCUT2D eigenvalue weighted by Crippen LogP contribution is -2.15. The minimum atomic E-state index is -0.166. The highest BCUT2D eigenvalue weighted by Gasteiger charge is 2.18. The minimum Gasteiger partial charge on any atom is -0.305 e. The Balaban J connectivity index is 1.75. The van der Waals surface area contributed by atoms with E-state index < -0.39 is 0 Å². The van der Waals surface area contributed by atoms with Gasteiger partial charge in [-0.1, -0.05) is 65.0 Å². The molecule has 0 aliphatic carbocycles. The maximum Gasteiger partial charge on any atom is 0.256 e. The fourth-order valence-corrected chi connectivity index (χ4v) is 3.80. The summed E-state index contributed by atoms with van der Waals surface area (Å²) in [5.41, 5.74) is 4.75. The van der Waals surface area contributed by atoms with Gasteiger partial charge in [-0.15, -0.1) is 0 Å². The summed E-state index contributed by atoms with van der Waals surface area (Å²) in [6.07, 6.45) is 0. The molecule has 160 valence electrons. The van der Waals surface area contributed by atoms with Gasteiger partial charge < -0.3 is 5.32 Å². The fraction of sp³-hybridized carbons (Fsp3) is 0.346. The molecule has 0 aliphatic heterocycles. The van der Waals surface area contributed by atoms with Crippen molar-refractivity contribution in [3.63, 3.8) is 0 Å². The van der Waals surface area contributed by atoms with Crippen LogP contribution in [0.3, 0.4) is 0 Å². The van der Waals surface area contributed by atoms with E-state index in [1.165, 1.54) is 5.56 Å². The van der Waals surface area contributed by atoms with Crippen LogP contribution in [0.25, 0.3) is 21.9 Å². The maximum absolute atomic E-state index is 13.0. The second kappa shape index (κ2) is 7.80. The molecule has 31 heavy (non-hydrogen) atoms. The van der Waals surface area contributed by atoms with Crippen LogP contribution >= 0.6 is 0 Å². The van der Waals surface area contributed by atoms with E-state index in [1.54, 1.807) is 0 Å². The van der Waals surface area contributed by atoms with E-state index in [4.69, 9.17) is 10.1 Å². The first-order valence-electron chi connectivity index (χ1n) is 10.8. The van der Waals surface area contributed by atoms with Crippen molar-refractivity contribution in [3.05, 3.63) is 65.2 Å². The Morgan fingerprint density at radius 1 is 1.10 bits per heavy atom. The first-order chi connectivity index (χ1) is 14.6. The molecule has 4 rings (SSSR count). The zero-order valence-electron chi connectivity index (χ0n) is 19.2. The van der Waals surface area contributed by atoms with Gasteiger partial charge in [0.15, 0.2) is 11.5 Å². The molecule has 1 N–H and O–H groups in total. The molecule has 5 heteroatoms. The highest BCUT2D eigenvalue weighted by molar-refractivity contribution is 6.09. The number of carbonyl (C=O) groups is 1. The topological polar surface area (TPSA) is 59.8 Å². The molecule has 4 aromatic rings. The number of amides is 1. The van der Waals surface area contributed by atoms with Crippen molar-refractivity contribution in [2.24, 2.45) is 5.92 Å². The second-order valence-corrected chi connectivity index (χ2v) is 9.71. The van der Waals surface area contributed by atoms with E-state index in [0.717, 1.165) is 34.0 Å². The number of hydrogen-bond acceptors (Lipinski definition) is 3. The third-order valence-electron chi connectivity index (χ3n) is 5.53. The Morgan fingerprint density at radius 2 is 1.81 bits per heavy atom. The van der Waals surface area contributed by atoms with Gasteiger partial charge in [-0.05, 0) is 47.6 Å². The van der Waals surface area contributed by atoms with Crippen LogP contribution in [0.2, 0.25) is 0 Å². The quantitative estimate of drug-likeness (QED) is 0.439. The van der Waals surface area contributed by atoms with Crippen LogP contribution in [-0.2, 0) is 12.0 Å². The molecule has 0 bridgehead atoms. The molecule has 0 unspecified atom stereocenters. The number of anilines is 1. The number of nitrogens with zero attached hydrogens (tertiary/aromatic N) is 3. The van der Waals surface area contributed by atoms with Gasteiger partial charge in [-0.3, -0.25) is 4.79 Å². The molecule has 2 aromatic heterocycles. The number of hydrogen-bond donors (Lipinski definition) is 1. The number of aryl methyl sites for hydroxylation is 1. The number of aromatic nitrogens is 3. The molecule has 2 heterocycles. The monoisotopic (exact) mass is 414 g/mol. The summed E-state index contributed by atoms with van der Waals surface area (Å²) in [4.78, 5) is 17.9. The van der Waals surface area contributed by atoms with Crippen LogP contribution in [0.1, 0.15) is 56.1 Å². The third kappa shape index (κ3) is 4.18. The molecule has 0 aliphatic rings. The summed E-state index contributed by atoms with van der Waals surface area (Å²) in [6.45, 7) is 13.6. The average Bonchev–Trinajstić information content (AvgIpc) is 3.02. The van der Waals surface area contributed by atoms with Crippen molar-refractivity contribution in [2.45, 2.75) is 53.5 Å². The number of benzene rings is 2. The van der Waals surface area contributed by atoms with Crippen molar-refractivity contribution >= 4 is 33.7 Å². The second-order valence-electron chi connectivity index (χ2n) is 9.71. The molecular formula is C26H30N4O. The maximum atomic E-state index is 13.0. The van der Waals surface area contributed by atoms with Gasteiger partial charge >= 0.3 is 0 Å². The molecule has 0 saturated carbocycles. The number of rotatable bonds is 4. The van der Waals surface area contributed by atoms with E-state index in [0.29, 0.717) is 17.3 Å². The summed E-state index contributed by atoms with van der Waals surface area (Å²) >= 11 is 0. The van der Waals surface area contributed by atoms with E-state index in [2.05, 4.69) is 59.0 Å². The fourth-order valence-electron chi connectivity index (χ4n) is 3.80. The predicted molar refractivity (Wildman–Crippen MR) is 128 cm³/mol. The van der Waals surface area contributed by atoms with Crippen molar-refractivity contribution in [1.29, 1.82) is 0 Å². The highest BCUT2D eigenvalue weighted by atomic mass is 16.1. The minimum absolute atomic E-state index is 0.0473. The first kappa shape index (κ1) is 21.0. The van der Waals surface area contributed by atoms with Gasteiger partial charge in [-0.2, -0.15) is 5.10 Å². The van der Waals surface area contributed by atoms with Crippen LogP contribution in [0, 0.1) is 12.8 Å². The molecule has 0 atom stereocenters. The smallest absolute Gasteiger partial charge is 0.256 e. The lowest BCUT2D eigenvalue weighted by atomic mass is 9.87. The number of fused-ring (bicyclic) bond motifs is 2. The Hall–Kier alpha value is -3.21. The van der Waals surface area contributed by atoms with Crippen LogP contribution < -0.4 is 5.32 Å². The van der Waals surface area contributed by atoms with Gasteiger partial charge in [-0.25, -0.2) is 9.67 Å². The lowest BCUT2D eigenvalue weighted by Gasteiger charge is -2.19. The van der Waals surface area contributed by atoms with Crippen LogP contribution in [0.4, 0.5) is 5.82 Å². The molecule has 0 radical (unpaired) electrons. The summed E-state index contributed by atoms with van der Waals surface area (Å²) in [6, 6.07) is 16.0. The summed E-state index contributed by atoms with van der Waals surface area (Å²) in [7, 11) is 0. The van der Waals surface area contributed by atoms with Crippen LogP contribution in [0.5, 0.6) is 0 Å². The van der Waals surface area contributed by atoms with Crippen molar-refractivity contribution in [2.75, 3.05) is 5.32 Å². The summed E-state index contributed by atoms with van der Waals surface area (Å²) < 4.78 is 1.91. The molecular weight excluding hydrogens is 384 g/mol. The standard InChI is InChI=1S/C26H30N4O/c1-16(2)15-30-24-21(14-19-9-7-8-17(3)22(19)27-24)23(29-30)28-25(31)18-10-12-20(13-11-18)26(4,5)6/h7-14,16H,15H2,1-6H3,(H,28,29,31). The zero-order chi connectivity index (χ0) is 22.3. The molecule has 0 spiro atoms. The Bertz CT molecular complexity index is 1260. The largest absolute Gasteiger partial charge is 0.305 e. The van der Waals surface area contributed by atoms with Gasteiger partial charge in [0.1, 0.15) is 0 Å². The van der Waals surface area contributed by atoms with Gasteiger partial charge in [0.2, 0.25) is 0 Å². The van der Waals surface area contributed by atoms with E-state index >= 15 is 0 Å². The predicted octanol–water partition coefficient (Wildman–Crippen LogP) is 6.10. The van der Waals surface area contributed by atoms with Gasteiger partial charge in [0, 0.05) is 17.5 Å². The molecule has 0 saturated heterocycles. The van der Waals surface area contributed by atoms with Gasteiger partial charge in [0.05, 0.1) is 10.9 Å². The number of carbonyl (C=O) groups excluding carboxylic acids is 1. The normalized spacial score (nSPS) is 12.1. The Morgan fingerprint density at radius 3 is 2.45 bits per heavy atom. The van der Waals surface area contributed by atoms with Crippen molar-refractivity contribution in [1.82, 2.24) is 14.8 Å². The van der Waals surface area contributed by atoms with Gasteiger partial charge in [0.25, 0.3) is 5.91 Å². The van der Waals surface area contributed by atoms with E-state index in [1.807, 2.05) is 41.1 Å². The number of nitrogens with one attached hydrogen (secondary N) is 1. The van der Waals surface area contributed by atoms with Crippen LogP contribution in [-0.4, -0.2) is 20.7 Å². The molecule has 2 aromatic carbocycles. The molecule has 0 fully saturated rings. The van der Waals surface area contributed by atoms with E-state index in [-0.39, 0.29) is 11.3 Å². The van der Waals surface area contributed by atoms with Crippen molar-refractivity contribution < 1.29 is 4.79 Å². The Kier molecular flexibility index (Phi) is 5.29. The SMILES string of the molecule is Cc1cccc2cc3c(NC(=O)c4ccc(C(C)(C)C)cc4)nn(CC(C)C)c3nc12. The number of pyridine rings is 1. The average molecular weight is 415 g/mol. The number of para-hydroxylation sites is 1. The van der Waals surface area contributed by atoms with Crippen LogP contribution in [0.15, 0.2) is 48.5 Å². The third-order valence-corrected chi connectivity index (χ3v) is 5.53. The summed E-state index contributed by atoms with van der Waals surface area (Å²) in [5.74, 6) is 0.795. The highest BCUT2D eigenvalue weighted by Crippen LogP contribution is 2.28. The Labute approximate surface area is 183 Å². The molecule has 1 amide bonds.